The molecule has 1 heterocycles. The molecule has 1 fully saturated rings. The van der Waals surface area contributed by atoms with E-state index in [9.17, 15) is 4.79 Å². The van der Waals surface area contributed by atoms with Gasteiger partial charge in [-0.05, 0) is 0 Å². The summed E-state index contributed by atoms with van der Waals surface area (Å²) in [7, 11) is 1.50. The van der Waals surface area contributed by atoms with Crippen LogP contribution in [-0.2, 0) is 14.3 Å². The Bertz CT molecular complexity index is 207. The van der Waals surface area contributed by atoms with Gasteiger partial charge in [-0.1, -0.05) is 0 Å². The van der Waals surface area contributed by atoms with E-state index in [0.717, 1.165) is 32.8 Å². The number of morpholine rings is 1. The minimum Gasteiger partial charge on any atom is -0.480 e. The third kappa shape index (κ3) is 4.89. The molecule has 1 aliphatic heterocycles. The van der Waals surface area contributed by atoms with Crippen LogP contribution in [0.1, 0.15) is 0 Å². The fourth-order valence-electron chi connectivity index (χ4n) is 1.61. The average molecular weight is 232 g/mol. The number of aliphatic carboxylic acids is 1. The molecule has 16 heavy (non-hydrogen) atoms. The smallest absolute Gasteiger partial charge is 0.323 e. The van der Waals surface area contributed by atoms with E-state index in [1.54, 1.807) is 0 Å². The van der Waals surface area contributed by atoms with Crippen molar-refractivity contribution < 1.29 is 19.4 Å². The predicted octanol–water partition coefficient (Wildman–Crippen LogP) is -0.992. The third-order valence-corrected chi connectivity index (χ3v) is 2.55. The molecule has 1 saturated heterocycles. The van der Waals surface area contributed by atoms with Gasteiger partial charge in [-0.15, -0.1) is 0 Å². The van der Waals surface area contributed by atoms with Crippen LogP contribution in [0.25, 0.3) is 0 Å². The van der Waals surface area contributed by atoms with E-state index in [-0.39, 0.29) is 6.61 Å². The first-order valence-corrected chi connectivity index (χ1v) is 5.49. The Kier molecular flexibility index (Phi) is 6.32. The average Bonchev–Trinajstić information content (AvgIpc) is 2.29. The van der Waals surface area contributed by atoms with Gasteiger partial charge < -0.3 is 19.9 Å². The Balaban J connectivity index is 2.13. The summed E-state index contributed by atoms with van der Waals surface area (Å²) in [6, 6.07) is -0.619. The summed E-state index contributed by atoms with van der Waals surface area (Å²) in [5.74, 6) is -0.871. The molecule has 6 heteroatoms. The fourth-order valence-corrected chi connectivity index (χ4v) is 1.61. The number of hydrogen-bond acceptors (Lipinski definition) is 5. The number of methoxy groups -OCH3 is 1. The summed E-state index contributed by atoms with van der Waals surface area (Å²) in [6.07, 6.45) is 0. The van der Waals surface area contributed by atoms with Gasteiger partial charge in [-0.2, -0.15) is 0 Å². The second-order valence-corrected chi connectivity index (χ2v) is 3.75. The van der Waals surface area contributed by atoms with Crippen molar-refractivity contribution in [2.45, 2.75) is 6.04 Å². The van der Waals surface area contributed by atoms with Gasteiger partial charge in [0.05, 0.1) is 19.8 Å². The summed E-state index contributed by atoms with van der Waals surface area (Å²) in [5, 5.41) is 11.8. The van der Waals surface area contributed by atoms with Crippen LogP contribution in [0.4, 0.5) is 0 Å². The van der Waals surface area contributed by atoms with Crippen molar-refractivity contribution in [3.8, 4) is 0 Å². The first-order valence-electron chi connectivity index (χ1n) is 5.49. The van der Waals surface area contributed by atoms with Gasteiger partial charge in [-0.3, -0.25) is 9.69 Å². The standard InChI is InChI=1S/C10H20N2O4/c1-15-8-9(10(13)14)11-2-3-12-4-6-16-7-5-12/h9,11H,2-8H2,1H3,(H,13,14). The first-order chi connectivity index (χ1) is 7.74. The van der Waals surface area contributed by atoms with Gasteiger partial charge >= 0.3 is 5.97 Å². The molecule has 0 aromatic heterocycles. The van der Waals surface area contributed by atoms with Crippen molar-refractivity contribution >= 4 is 5.97 Å². The third-order valence-electron chi connectivity index (χ3n) is 2.55. The van der Waals surface area contributed by atoms with Crippen molar-refractivity contribution in [2.24, 2.45) is 0 Å². The molecule has 6 nitrogen and oxygen atoms in total. The molecule has 0 aromatic carbocycles. The van der Waals surface area contributed by atoms with Crippen LogP contribution in [0.3, 0.4) is 0 Å². The first kappa shape index (κ1) is 13.4. The molecule has 1 aliphatic rings. The monoisotopic (exact) mass is 232 g/mol. The van der Waals surface area contributed by atoms with Crippen LogP contribution >= 0.6 is 0 Å². The number of carboxylic acids is 1. The number of rotatable bonds is 7. The van der Waals surface area contributed by atoms with Crippen LogP contribution in [0.2, 0.25) is 0 Å². The quantitative estimate of drug-likeness (QED) is 0.587. The molecule has 1 atom stereocenters. The molecule has 2 N–H and O–H groups in total. The van der Waals surface area contributed by atoms with E-state index in [1.807, 2.05) is 0 Å². The molecule has 1 rings (SSSR count). The lowest BCUT2D eigenvalue weighted by Gasteiger charge is -2.27. The largest absolute Gasteiger partial charge is 0.480 e. The van der Waals surface area contributed by atoms with E-state index < -0.39 is 12.0 Å². The molecular weight excluding hydrogens is 212 g/mol. The highest BCUT2D eigenvalue weighted by Gasteiger charge is 2.17. The molecule has 0 aliphatic carbocycles. The van der Waals surface area contributed by atoms with Crippen molar-refractivity contribution in [1.82, 2.24) is 10.2 Å². The van der Waals surface area contributed by atoms with Crippen LogP contribution in [0.15, 0.2) is 0 Å². The normalized spacial score (nSPS) is 19.6. The van der Waals surface area contributed by atoms with Crippen LogP contribution in [-0.4, -0.2) is 75.1 Å². The molecular formula is C10H20N2O4. The maximum atomic E-state index is 10.8. The zero-order valence-corrected chi connectivity index (χ0v) is 9.65. The molecule has 0 spiro atoms. The Morgan fingerprint density at radius 3 is 2.81 bits per heavy atom. The highest BCUT2D eigenvalue weighted by atomic mass is 16.5. The maximum absolute atomic E-state index is 10.8. The lowest BCUT2D eigenvalue weighted by atomic mass is 10.3. The van der Waals surface area contributed by atoms with Crippen LogP contribution < -0.4 is 5.32 Å². The number of nitrogens with one attached hydrogen (secondary N) is 1. The number of carboxylic acid groups (broad SMARTS) is 1. The Labute approximate surface area is 95.5 Å². The van der Waals surface area contributed by atoms with Crippen molar-refractivity contribution in [3.05, 3.63) is 0 Å². The summed E-state index contributed by atoms with van der Waals surface area (Å²) in [6.45, 7) is 5.06. The van der Waals surface area contributed by atoms with Crippen molar-refractivity contribution in [3.63, 3.8) is 0 Å². The van der Waals surface area contributed by atoms with Gasteiger partial charge in [0.25, 0.3) is 0 Å². The molecule has 0 aromatic rings. The zero-order chi connectivity index (χ0) is 11.8. The lowest BCUT2D eigenvalue weighted by Crippen LogP contribution is -2.46. The van der Waals surface area contributed by atoms with Gasteiger partial charge in [-0.25, -0.2) is 0 Å². The SMILES string of the molecule is COCC(NCCN1CCOCC1)C(=O)O. The highest BCUT2D eigenvalue weighted by molar-refractivity contribution is 5.73. The Hall–Kier alpha value is -0.690. The van der Waals surface area contributed by atoms with Crippen LogP contribution in [0.5, 0.6) is 0 Å². The summed E-state index contributed by atoms with van der Waals surface area (Å²) in [5.41, 5.74) is 0. The van der Waals surface area contributed by atoms with E-state index in [2.05, 4.69) is 10.2 Å². The summed E-state index contributed by atoms with van der Waals surface area (Å²) >= 11 is 0. The van der Waals surface area contributed by atoms with E-state index in [0.29, 0.717) is 6.54 Å². The van der Waals surface area contributed by atoms with E-state index in [4.69, 9.17) is 14.6 Å². The number of carbonyl (C=O) groups is 1. The van der Waals surface area contributed by atoms with Gasteiger partial charge in [0.15, 0.2) is 0 Å². The lowest BCUT2D eigenvalue weighted by molar-refractivity contribution is -0.140. The summed E-state index contributed by atoms with van der Waals surface area (Å²) in [4.78, 5) is 13.0. The highest BCUT2D eigenvalue weighted by Crippen LogP contribution is 1.95. The topological polar surface area (TPSA) is 71.0 Å². The van der Waals surface area contributed by atoms with Gasteiger partial charge in [0.2, 0.25) is 0 Å². The number of hydrogen-bond donors (Lipinski definition) is 2. The summed E-state index contributed by atoms with van der Waals surface area (Å²) < 4.78 is 10.1. The number of ether oxygens (including phenoxy) is 2. The number of nitrogens with zero attached hydrogens (tertiary/aromatic N) is 1. The van der Waals surface area contributed by atoms with Gasteiger partial charge in [0.1, 0.15) is 6.04 Å². The molecule has 0 bridgehead atoms. The maximum Gasteiger partial charge on any atom is 0.323 e. The minimum absolute atomic E-state index is 0.193. The van der Waals surface area contributed by atoms with Crippen molar-refractivity contribution in [1.29, 1.82) is 0 Å². The molecule has 0 saturated carbocycles. The second-order valence-electron chi connectivity index (χ2n) is 3.75. The van der Waals surface area contributed by atoms with Crippen LogP contribution in [0, 0.1) is 0 Å². The molecule has 1 unspecified atom stereocenters. The van der Waals surface area contributed by atoms with E-state index in [1.165, 1.54) is 7.11 Å². The van der Waals surface area contributed by atoms with Crippen molar-refractivity contribution in [2.75, 3.05) is 53.1 Å². The molecule has 0 radical (unpaired) electrons. The minimum atomic E-state index is -0.871. The van der Waals surface area contributed by atoms with E-state index >= 15 is 0 Å². The Morgan fingerprint density at radius 2 is 2.25 bits per heavy atom. The zero-order valence-electron chi connectivity index (χ0n) is 9.65. The second kappa shape index (κ2) is 7.56. The fraction of sp³-hybridized carbons (Fsp3) is 0.900. The molecule has 0 amide bonds. The predicted molar refractivity (Wildman–Crippen MR) is 58.6 cm³/mol. The van der Waals surface area contributed by atoms with Gasteiger partial charge in [0, 0.05) is 33.3 Å². The molecule has 94 valence electrons. The Morgan fingerprint density at radius 1 is 1.56 bits per heavy atom.